The summed E-state index contributed by atoms with van der Waals surface area (Å²) in [4.78, 5) is 12.8. The maximum absolute atomic E-state index is 12.8. The van der Waals surface area contributed by atoms with E-state index in [1.807, 2.05) is 12.1 Å². The van der Waals surface area contributed by atoms with Crippen LogP contribution in [0.2, 0.25) is 0 Å². The van der Waals surface area contributed by atoms with E-state index in [9.17, 15) is 13.2 Å². The maximum atomic E-state index is 12.8. The number of thioether (sulfide) groups is 1. The molecule has 2 heterocycles. The van der Waals surface area contributed by atoms with Crippen LogP contribution in [0.5, 0.6) is 0 Å². The molecule has 33 heavy (non-hydrogen) atoms. The van der Waals surface area contributed by atoms with E-state index in [4.69, 9.17) is 0 Å². The third kappa shape index (κ3) is 6.00. The highest BCUT2D eigenvalue weighted by molar-refractivity contribution is 8.01. The Bertz CT molecular complexity index is 1190. The Labute approximate surface area is 202 Å². The Morgan fingerprint density at radius 2 is 1.73 bits per heavy atom. The zero-order valence-electron chi connectivity index (χ0n) is 18.4. The molecule has 1 N–H and O–H groups in total. The normalized spacial score (nSPS) is 14.8. The smallest absolute Gasteiger partial charge is 0.243 e. The zero-order valence-corrected chi connectivity index (χ0v) is 20.8. The van der Waals surface area contributed by atoms with Gasteiger partial charge in [0.2, 0.25) is 15.2 Å². The number of piperidine rings is 1. The lowest BCUT2D eigenvalue weighted by molar-refractivity contribution is 0.102. The molecule has 1 aliphatic heterocycles. The molecule has 0 saturated carbocycles. The fraction of sp³-hybridized carbons (Fsp3) is 0.348. The number of aryl methyl sites for hydroxylation is 1. The molecular formula is C23H26N4O3S3. The van der Waals surface area contributed by atoms with Crippen LogP contribution in [-0.4, -0.2) is 47.5 Å². The van der Waals surface area contributed by atoms with Crippen molar-refractivity contribution in [3.05, 3.63) is 59.7 Å². The lowest BCUT2D eigenvalue weighted by Gasteiger charge is -2.25. The molecule has 1 aromatic heterocycles. The van der Waals surface area contributed by atoms with Gasteiger partial charge in [-0.15, -0.1) is 10.2 Å². The van der Waals surface area contributed by atoms with E-state index < -0.39 is 10.0 Å². The first-order chi connectivity index (χ1) is 16.0. The van der Waals surface area contributed by atoms with Crippen molar-refractivity contribution >= 4 is 49.7 Å². The van der Waals surface area contributed by atoms with E-state index in [2.05, 4.69) is 34.6 Å². The molecule has 0 radical (unpaired) electrons. The molecule has 0 atom stereocenters. The van der Waals surface area contributed by atoms with Crippen molar-refractivity contribution in [2.24, 2.45) is 0 Å². The Balaban J connectivity index is 1.32. The van der Waals surface area contributed by atoms with Crippen LogP contribution in [-0.2, 0) is 16.4 Å². The molecule has 0 aliphatic carbocycles. The summed E-state index contributed by atoms with van der Waals surface area (Å²) in [7, 11) is -3.49. The number of benzene rings is 2. The van der Waals surface area contributed by atoms with Gasteiger partial charge in [-0.3, -0.25) is 4.79 Å². The first kappa shape index (κ1) is 23.9. The van der Waals surface area contributed by atoms with Gasteiger partial charge >= 0.3 is 0 Å². The summed E-state index contributed by atoms with van der Waals surface area (Å²) >= 11 is 2.71. The Kier molecular flexibility index (Phi) is 7.79. The Morgan fingerprint density at radius 1 is 1.03 bits per heavy atom. The van der Waals surface area contributed by atoms with Crippen molar-refractivity contribution in [1.29, 1.82) is 0 Å². The van der Waals surface area contributed by atoms with Crippen LogP contribution in [0.1, 0.15) is 42.1 Å². The summed E-state index contributed by atoms with van der Waals surface area (Å²) in [6.07, 6.45) is 3.84. The van der Waals surface area contributed by atoms with E-state index in [0.717, 1.165) is 31.4 Å². The lowest BCUT2D eigenvalue weighted by atomic mass is 10.1. The number of nitrogens with one attached hydrogen (secondary N) is 1. The molecular weight excluding hydrogens is 476 g/mol. The summed E-state index contributed by atoms with van der Waals surface area (Å²) in [5.41, 5.74) is 2.69. The summed E-state index contributed by atoms with van der Waals surface area (Å²) in [6.45, 7) is 3.23. The quantitative estimate of drug-likeness (QED) is 0.325. The van der Waals surface area contributed by atoms with Gasteiger partial charge in [0.15, 0.2) is 10.1 Å². The van der Waals surface area contributed by atoms with Gasteiger partial charge < -0.3 is 5.32 Å². The average molecular weight is 503 g/mol. The third-order valence-electron chi connectivity index (χ3n) is 5.48. The molecule has 7 nitrogen and oxygen atoms in total. The number of hydrogen-bond acceptors (Lipinski definition) is 8. The number of sulfonamides is 1. The topological polar surface area (TPSA) is 92.3 Å². The van der Waals surface area contributed by atoms with Crippen molar-refractivity contribution in [2.75, 3.05) is 24.2 Å². The summed E-state index contributed by atoms with van der Waals surface area (Å²) < 4.78 is 27.7. The van der Waals surface area contributed by atoms with E-state index in [-0.39, 0.29) is 16.4 Å². The second-order valence-electron chi connectivity index (χ2n) is 7.75. The molecule has 4 rings (SSSR count). The second-order valence-corrected chi connectivity index (χ2v) is 11.9. The summed E-state index contributed by atoms with van der Waals surface area (Å²) in [5.74, 6) is 0.125. The van der Waals surface area contributed by atoms with Crippen LogP contribution < -0.4 is 5.32 Å². The first-order valence-corrected chi connectivity index (χ1v) is 14.2. The number of Topliss-reactive ketones (excluding diaryl/α,β-unsaturated/α-hetero) is 1. The summed E-state index contributed by atoms with van der Waals surface area (Å²) in [5, 5.41) is 12.2. The average Bonchev–Trinajstić information content (AvgIpc) is 3.31. The standard InChI is InChI=1S/C23H26N4O3S3/c1-2-17-6-10-19(11-7-17)24-22-25-26-23(32-22)31-16-21(28)18-8-12-20(13-9-18)33(29,30)27-14-4-3-5-15-27/h6-13H,2-5,14-16H2,1H3,(H,24,25). The SMILES string of the molecule is CCc1ccc(Nc2nnc(SCC(=O)c3ccc(S(=O)(=O)N4CCCCC4)cc3)s2)cc1. The number of rotatable bonds is 9. The van der Waals surface area contributed by atoms with Gasteiger partial charge in [-0.1, -0.05) is 60.7 Å². The number of nitrogens with zero attached hydrogens (tertiary/aromatic N) is 3. The van der Waals surface area contributed by atoms with Gasteiger partial charge in [0.1, 0.15) is 0 Å². The molecule has 1 fully saturated rings. The number of ketones is 1. The molecule has 0 amide bonds. The van der Waals surface area contributed by atoms with Crippen molar-refractivity contribution in [2.45, 2.75) is 41.8 Å². The van der Waals surface area contributed by atoms with Gasteiger partial charge in [-0.05, 0) is 49.1 Å². The summed E-state index contributed by atoms with van der Waals surface area (Å²) in [6, 6.07) is 14.4. The molecule has 0 unspecified atom stereocenters. The van der Waals surface area contributed by atoms with Crippen molar-refractivity contribution in [3.63, 3.8) is 0 Å². The van der Waals surface area contributed by atoms with E-state index >= 15 is 0 Å². The fourth-order valence-corrected chi connectivity index (χ4v) is 6.73. The van der Waals surface area contributed by atoms with Crippen LogP contribution in [0.15, 0.2) is 57.8 Å². The second kappa shape index (κ2) is 10.8. The number of aromatic nitrogens is 2. The van der Waals surface area contributed by atoms with Crippen LogP contribution in [0.4, 0.5) is 10.8 Å². The van der Waals surface area contributed by atoms with Crippen LogP contribution >= 0.6 is 23.1 Å². The van der Waals surface area contributed by atoms with Gasteiger partial charge in [0.05, 0.1) is 10.6 Å². The molecule has 0 bridgehead atoms. The zero-order chi connectivity index (χ0) is 23.3. The van der Waals surface area contributed by atoms with Crippen molar-refractivity contribution in [3.8, 4) is 0 Å². The van der Waals surface area contributed by atoms with Crippen molar-refractivity contribution in [1.82, 2.24) is 14.5 Å². The number of carbonyl (C=O) groups excluding carboxylic acids is 1. The van der Waals surface area contributed by atoms with Crippen LogP contribution in [0.25, 0.3) is 0 Å². The van der Waals surface area contributed by atoms with Gasteiger partial charge in [-0.2, -0.15) is 4.31 Å². The fourth-order valence-electron chi connectivity index (χ4n) is 3.54. The predicted octanol–water partition coefficient (Wildman–Crippen LogP) is 4.99. The molecule has 10 heteroatoms. The minimum atomic E-state index is -3.49. The highest BCUT2D eigenvalue weighted by Crippen LogP contribution is 2.28. The van der Waals surface area contributed by atoms with Crippen molar-refractivity contribution < 1.29 is 13.2 Å². The van der Waals surface area contributed by atoms with E-state index in [1.54, 1.807) is 12.1 Å². The Morgan fingerprint density at radius 3 is 2.39 bits per heavy atom. The highest BCUT2D eigenvalue weighted by Gasteiger charge is 2.26. The van der Waals surface area contributed by atoms with Crippen LogP contribution in [0.3, 0.4) is 0 Å². The van der Waals surface area contributed by atoms with E-state index in [1.165, 1.54) is 45.1 Å². The van der Waals surface area contributed by atoms with Gasteiger partial charge in [-0.25, -0.2) is 8.42 Å². The molecule has 2 aromatic carbocycles. The minimum absolute atomic E-state index is 0.0817. The minimum Gasteiger partial charge on any atom is -0.330 e. The van der Waals surface area contributed by atoms with E-state index in [0.29, 0.717) is 28.1 Å². The molecule has 174 valence electrons. The highest BCUT2D eigenvalue weighted by atomic mass is 32.2. The first-order valence-electron chi connectivity index (χ1n) is 10.9. The lowest BCUT2D eigenvalue weighted by Crippen LogP contribution is -2.35. The van der Waals surface area contributed by atoms with Gasteiger partial charge in [0.25, 0.3) is 0 Å². The largest absolute Gasteiger partial charge is 0.330 e. The predicted molar refractivity (Wildman–Crippen MR) is 133 cm³/mol. The van der Waals surface area contributed by atoms with Gasteiger partial charge in [0, 0.05) is 24.3 Å². The molecule has 3 aromatic rings. The number of hydrogen-bond donors (Lipinski definition) is 1. The molecule has 0 spiro atoms. The third-order valence-corrected chi connectivity index (χ3v) is 9.36. The monoisotopic (exact) mass is 502 g/mol. The number of carbonyl (C=O) groups is 1. The molecule has 1 aliphatic rings. The number of anilines is 2. The Hall–Kier alpha value is -2.27. The molecule has 1 saturated heterocycles. The van der Waals surface area contributed by atoms with Crippen LogP contribution in [0, 0.1) is 0 Å². The maximum Gasteiger partial charge on any atom is 0.243 e.